The van der Waals surface area contributed by atoms with Crippen LogP contribution in [-0.2, 0) is 0 Å². The molecule has 0 saturated carbocycles. The van der Waals surface area contributed by atoms with E-state index in [-0.39, 0.29) is 4.62 Å². The summed E-state index contributed by atoms with van der Waals surface area (Å²) in [7, 11) is 0. The van der Waals surface area contributed by atoms with Crippen molar-refractivity contribution in [2.24, 2.45) is 5.10 Å². The first-order valence-corrected chi connectivity index (χ1v) is 5.25. The summed E-state index contributed by atoms with van der Waals surface area (Å²) in [5, 5.41) is 12.1. The Balaban J connectivity index is 2.60. The van der Waals surface area contributed by atoms with E-state index in [0.717, 1.165) is 0 Å². The van der Waals surface area contributed by atoms with Gasteiger partial charge in [0, 0.05) is 0 Å². The first-order valence-electron chi connectivity index (χ1n) is 4.46. The van der Waals surface area contributed by atoms with Gasteiger partial charge in [-0.05, 0) is 40.2 Å². The van der Waals surface area contributed by atoms with Gasteiger partial charge in [-0.25, -0.2) is 0 Å². The van der Waals surface area contributed by atoms with Gasteiger partial charge in [-0.3, -0.25) is 5.43 Å². The van der Waals surface area contributed by atoms with Crippen LogP contribution in [0.1, 0.15) is 12.0 Å². The van der Waals surface area contributed by atoms with Crippen LogP contribution in [0.3, 0.4) is 0 Å². The molecule has 1 aromatic rings. The predicted octanol–water partition coefficient (Wildman–Crippen LogP) is 3.63. The van der Waals surface area contributed by atoms with Crippen molar-refractivity contribution in [3.05, 3.63) is 29.8 Å². The molecule has 0 aliphatic carbocycles. The molecule has 0 aliphatic heterocycles. The number of hydrazone groups is 1. The van der Waals surface area contributed by atoms with Crippen LogP contribution in [0.4, 0.5) is 18.9 Å². The largest absolute Gasteiger partial charge is 0.395 e. The molecule has 3 nitrogen and oxygen atoms in total. The maximum atomic E-state index is 12.0. The zero-order valence-electron chi connectivity index (χ0n) is 8.42. The van der Waals surface area contributed by atoms with Gasteiger partial charge >= 0.3 is 6.18 Å². The van der Waals surface area contributed by atoms with E-state index in [2.05, 4.69) is 26.5 Å². The Morgan fingerprint density at radius 1 is 1.35 bits per heavy atom. The number of benzene rings is 1. The fourth-order valence-corrected chi connectivity index (χ4v) is 1.36. The summed E-state index contributed by atoms with van der Waals surface area (Å²) in [6.45, 7) is 0. The Kier molecular flexibility index (Phi) is 4.52. The lowest BCUT2D eigenvalue weighted by Gasteiger charge is -2.05. The highest BCUT2D eigenvalue weighted by molar-refractivity contribution is 9.18. The first kappa shape index (κ1) is 13.5. The van der Waals surface area contributed by atoms with Crippen molar-refractivity contribution < 1.29 is 13.2 Å². The van der Waals surface area contributed by atoms with Crippen LogP contribution in [-0.4, -0.2) is 10.8 Å². The van der Waals surface area contributed by atoms with Gasteiger partial charge in [-0.2, -0.15) is 23.5 Å². The van der Waals surface area contributed by atoms with Crippen molar-refractivity contribution in [2.75, 3.05) is 5.43 Å². The van der Waals surface area contributed by atoms with Gasteiger partial charge in [0.2, 0.25) is 0 Å². The van der Waals surface area contributed by atoms with E-state index in [9.17, 15) is 13.2 Å². The van der Waals surface area contributed by atoms with Gasteiger partial charge in [0.1, 0.15) is 4.62 Å². The van der Waals surface area contributed by atoms with Gasteiger partial charge in [0.25, 0.3) is 0 Å². The molecular weight excluding hydrogens is 299 g/mol. The van der Waals surface area contributed by atoms with E-state index in [1.807, 2.05) is 6.07 Å². The summed E-state index contributed by atoms with van der Waals surface area (Å²) in [6, 6.07) is 8.11. The van der Waals surface area contributed by atoms with E-state index in [1.165, 1.54) is 12.1 Å². The van der Waals surface area contributed by atoms with Crippen molar-refractivity contribution in [3.63, 3.8) is 0 Å². The predicted molar refractivity (Wildman–Crippen MR) is 61.8 cm³/mol. The molecule has 1 N–H and O–H groups in total. The molecule has 0 radical (unpaired) electrons. The van der Waals surface area contributed by atoms with Crippen LogP contribution < -0.4 is 5.43 Å². The summed E-state index contributed by atoms with van der Waals surface area (Å²) >= 11 is 2.71. The Hall–Kier alpha value is -1.55. The fourth-order valence-electron chi connectivity index (χ4n) is 0.949. The van der Waals surface area contributed by atoms with Crippen molar-refractivity contribution >= 4 is 26.2 Å². The van der Waals surface area contributed by atoms with Gasteiger partial charge in [-0.15, -0.1) is 0 Å². The minimum atomic E-state index is -4.30. The quantitative estimate of drug-likeness (QED) is 0.685. The average molecular weight is 306 g/mol. The van der Waals surface area contributed by atoms with Crippen molar-refractivity contribution in [2.45, 2.75) is 12.6 Å². The minimum Gasteiger partial charge on any atom is -0.278 e. The smallest absolute Gasteiger partial charge is 0.278 e. The highest BCUT2D eigenvalue weighted by atomic mass is 79.9. The Morgan fingerprint density at radius 3 is 2.41 bits per heavy atom. The van der Waals surface area contributed by atoms with E-state index >= 15 is 0 Å². The molecule has 0 saturated heterocycles. The van der Waals surface area contributed by atoms with E-state index in [0.29, 0.717) is 11.3 Å². The summed E-state index contributed by atoms with van der Waals surface area (Å²) in [5.74, 6) is 0. The molecule has 7 heteroatoms. The van der Waals surface area contributed by atoms with Crippen LogP contribution >= 0.6 is 15.9 Å². The second-order valence-corrected chi connectivity index (χ2v) is 4.00. The standard InChI is InChI=1S/C10H7BrF3N3/c11-9(5-10(12,13)14)17-16-8-3-1-7(6-15)2-4-8/h1-4,16H,5H2/b17-9-. The number of rotatable bonds is 3. The number of anilines is 1. The number of alkyl halides is 3. The second-order valence-electron chi connectivity index (χ2n) is 3.08. The molecule has 0 spiro atoms. The van der Waals surface area contributed by atoms with Crippen LogP contribution in [0.25, 0.3) is 0 Å². The summed E-state index contributed by atoms with van der Waals surface area (Å²) in [4.78, 5) is 0. The third-order valence-corrected chi connectivity index (χ3v) is 2.12. The zero-order chi connectivity index (χ0) is 12.9. The molecular formula is C10H7BrF3N3. The molecule has 0 amide bonds. The van der Waals surface area contributed by atoms with Gasteiger partial charge in [-0.1, -0.05) is 0 Å². The molecule has 17 heavy (non-hydrogen) atoms. The number of nitrogens with zero attached hydrogens (tertiary/aromatic N) is 2. The number of hydrogen-bond acceptors (Lipinski definition) is 3. The van der Waals surface area contributed by atoms with Crippen molar-refractivity contribution in [3.8, 4) is 6.07 Å². The number of halogens is 4. The molecule has 1 rings (SSSR count). The fraction of sp³-hybridized carbons (Fsp3) is 0.200. The van der Waals surface area contributed by atoms with E-state index in [4.69, 9.17) is 5.26 Å². The van der Waals surface area contributed by atoms with Crippen LogP contribution in [0.2, 0.25) is 0 Å². The number of nitrogens with one attached hydrogen (secondary N) is 1. The third kappa shape index (κ3) is 5.36. The SMILES string of the molecule is N#Cc1ccc(N/N=C(\Br)CC(F)(F)F)cc1. The molecule has 0 unspecified atom stereocenters. The van der Waals surface area contributed by atoms with Crippen LogP contribution in [0, 0.1) is 11.3 Å². The Morgan fingerprint density at radius 2 is 1.94 bits per heavy atom. The summed E-state index contributed by atoms with van der Waals surface area (Å²) < 4.78 is 35.6. The first-order chi connectivity index (χ1) is 7.90. The highest BCUT2D eigenvalue weighted by Crippen LogP contribution is 2.22. The number of nitriles is 1. The monoisotopic (exact) mass is 305 g/mol. The zero-order valence-corrected chi connectivity index (χ0v) is 10.0. The lowest BCUT2D eigenvalue weighted by atomic mass is 10.2. The maximum absolute atomic E-state index is 12.0. The molecule has 1 aromatic carbocycles. The molecule has 0 heterocycles. The van der Waals surface area contributed by atoms with Gasteiger partial charge in [0.15, 0.2) is 0 Å². The molecule has 0 bridgehead atoms. The summed E-state index contributed by atoms with van der Waals surface area (Å²) in [6.07, 6.45) is -5.43. The topological polar surface area (TPSA) is 48.2 Å². The average Bonchev–Trinajstić information content (AvgIpc) is 2.25. The van der Waals surface area contributed by atoms with Crippen molar-refractivity contribution in [1.29, 1.82) is 5.26 Å². The molecule has 0 atom stereocenters. The molecule has 0 aliphatic rings. The lowest BCUT2D eigenvalue weighted by molar-refractivity contribution is -0.120. The van der Waals surface area contributed by atoms with Crippen LogP contribution in [0.15, 0.2) is 29.4 Å². The van der Waals surface area contributed by atoms with Gasteiger partial charge in [0.05, 0.1) is 23.7 Å². The maximum Gasteiger partial charge on any atom is 0.395 e. The van der Waals surface area contributed by atoms with Gasteiger partial charge < -0.3 is 0 Å². The summed E-state index contributed by atoms with van der Waals surface area (Å²) in [5.41, 5.74) is 3.42. The molecule has 90 valence electrons. The number of hydrogen-bond donors (Lipinski definition) is 1. The third-order valence-electron chi connectivity index (χ3n) is 1.67. The van der Waals surface area contributed by atoms with E-state index in [1.54, 1.807) is 12.1 Å². The molecule has 0 aromatic heterocycles. The Labute approximate surface area is 104 Å². The Bertz CT molecular complexity index is 445. The van der Waals surface area contributed by atoms with Crippen molar-refractivity contribution in [1.82, 2.24) is 0 Å². The second kappa shape index (κ2) is 5.68. The minimum absolute atomic E-state index is 0.241. The van der Waals surface area contributed by atoms with Crippen LogP contribution in [0.5, 0.6) is 0 Å². The van der Waals surface area contributed by atoms with E-state index < -0.39 is 12.6 Å². The highest BCUT2D eigenvalue weighted by Gasteiger charge is 2.28. The molecule has 0 fully saturated rings. The normalized spacial score (nSPS) is 12.1. The lowest BCUT2D eigenvalue weighted by Crippen LogP contribution is -2.11.